The van der Waals surface area contributed by atoms with E-state index in [4.69, 9.17) is 11.2 Å². The van der Waals surface area contributed by atoms with Crippen molar-refractivity contribution in [2.45, 2.75) is 12.8 Å². The molecular weight excluding hydrogens is 179 g/mol. The highest BCUT2D eigenvalue weighted by atomic mass is 19.1. The predicted molar refractivity (Wildman–Crippen MR) is 52.6 cm³/mol. The monoisotopic (exact) mass is 190 g/mol. The van der Waals surface area contributed by atoms with Crippen LogP contribution in [0.4, 0.5) is 4.39 Å². The molecule has 72 valence electrons. The Morgan fingerprint density at radius 2 is 2.29 bits per heavy atom. The number of benzene rings is 1. The number of rotatable bonds is 3. The van der Waals surface area contributed by atoms with Gasteiger partial charge in [-0.15, -0.1) is 6.42 Å². The van der Waals surface area contributed by atoms with Gasteiger partial charge < -0.3 is 4.74 Å². The fourth-order valence-corrected chi connectivity index (χ4v) is 1.23. The van der Waals surface area contributed by atoms with Crippen molar-refractivity contribution < 1.29 is 9.13 Å². The first kappa shape index (κ1) is 9.08. The van der Waals surface area contributed by atoms with Crippen molar-refractivity contribution in [1.82, 2.24) is 0 Å². The van der Waals surface area contributed by atoms with Crippen LogP contribution in [0.5, 0.6) is 5.75 Å². The van der Waals surface area contributed by atoms with Gasteiger partial charge in [-0.3, -0.25) is 0 Å². The maximum absolute atomic E-state index is 12.9. The summed E-state index contributed by atoms with van der Waals surface area (Å²) in [5.41, 5.74) is 0.618. The Kier molecular flexibility index (Phi) is 2.41. The molecule has 0 bridgehead atoms. The minimum absolute atomic E-state index is 0.310. The summed E-state index contributed by atoms with van der Waals surface area (Å²) in [5.74, 6) is 3.29. The molecule has 0 aromatic heterocycles. The molecule has 0 heterocycles. The number of halogens is 1. The molecule has 0 radical (unpaired) electrons. The molecule has 0 amide bonds. The Morgan fingerprint density at radius 1 is 1.50 bits per heavy atom. The fourth-order valence-electron chi connectivity index (χ4n) is 1.23. The standard InChI is InChI=1S/C12H11FO/c1-2-10-5-6-11(13)7-12(10)14-8-9-3-4-9/h1,5-7,9H,3-4,8H2. The van der Waals surface area contributed by atoms with E-state index in [0.29, 0.717) is 23.8 Å². The maximum atomic E-state index is 12.9. The molecule has 1 saturated carbocycles. The zero-order valence-corrected chi connectivity index (χ0v) is 7.79. The molecule has 2 heteroatoms. The molecule has 0 saturated heterocycles. The van der Waals surface area contributed by atoms with Crippen LogP contribution < -0.4 is 4.74 Å². The van der Waals surface area contributed by atoms with E-state index in [0.717, 1.165) is 0 Å². The van der Waals surface area contributed by atoms with E-state index in [9.17, 15) is 4.39 Å². The Bertz CT molecular complexity index is 374. The van der Waals surface area contributed by atoms with Crippen molar-refractivity contribution in [2.75, 3.05) is 6.61 Å². The molecule has 1 nitrogen and oxygen atoms in total. The molecule has 1 aliphatic rings. The van der Waals surface area contributed by atoms with Crippen molar-refractivity contribution in [3.05, 3.63) is 29.6 Å². The molecule has 1 aromatic carbocycles. The van der Waals surface area contributed by atoms with Gasteiger partial charge in [0.1, 0.15) is 11.6 Å². The number of ether oxygens (including phenoxy) is 1. The molecule has 14 heavy (non-hydrogen) atoms. The summed E-state index contributed by atoms with van der Waals surface area (Å²) in [7, 11) is 0. The Morgan fingerprint density at radius 3 is 2.93 bits per heavy atom. The summed E-state index contributed by atoms with van der Waals surface area (Å²) >= 11 is 0. The topological polar surface area (TPSA) is 9.23 Å². The molecular formula is C12H11FO. The van der Waals surface area contributed by atoms with E-state index in [1.165, 1.54) is 25.0 Å². The molecule has 0 unspecified atom stereocenters. The predicted octanol–water partition coefficient (Wildman–Crippen LogP) is 2.60. The third-order valence-corrected chi connectivity index (χ3v) is 2.27. The second-order valence-corrected chi connectivity index (χ2v) is 3.54. The van der Waals surface area contributed by atoms with Crippen molar-refractivity contribution in [3.63, 3.8) is 0 Å². The van der Waals surface area contributed by atoms with Crippen LogP contribution in [0.1, 0.15) is 18.4 Å². The second kappa shape index (κ2) is 3.71. The van der Waals surface area contributed by atoms with Crippen LogP contribution in [0.25, 0.3) is 0 Å². The maximum Gasteiger partial charge on any atom is 0.137 e. The van der Waals surface area contributed by atoms with E-state index in [-0.39, 0.29) is 5.82 Å². The zero-order chi connectivity index (χ0) is 9.97. The summed E-state index contributed by atoms with van der Waals surface area (Å²) in [6, 6.07) is 4.26. The van der Waals surface area contributed by atoms with Gasteiger partial charge >= 0.3 is 0 Å². The third kappa shape index (κ3) is 2.05. The zero-order valence-electron chi connectivity index (χ0n) is 7.79. The van der Waals surface area contributed by atoms with Crippen molar-refractivity contribution in [1.29, 1.82) is 0 Å². The molecule has 1 aliphatic carbocycles. The Hall–Kier alpha value is -1.49. The normalized spacial score (nSPS) is 14.9. The molecule has 2 rings (SSSR count). The molecule has 1 aromatic rings. The lowest BCUT2D eigenvalue weighted by Gasteiger charge is -2.07. The van der Waals surface area contributed by atoms with Crippen molar-refractivity contribution in [2.24, 2.45) is 5.92 Å². The van der Waals surface area contributed by atoms with Gasteiger partial charge in [0.15, 0.2) is 0 Å². The lowest BCUT2D eigenvalue weighted by molar-refractivity contribution is 0.297. The van der Waals surface area contributed by atoms with Crippen LogP contribution >= 0.6 is 0 Å². The number of hydrogen-bond donors (Lipinski definition) is 0. The quantitative estimate of drug-likeness (QED) is 0.666. The van der Waals surface area contributed by atoms with Gasteiger partial charge in [-0.05, 0) is 30.9 Å². The van der Waals surface area contributed by atoms with Gasteiger partial charge in [0.25, 0.3) is 0 Å². The van der Waals surface area contributed by atoms with E-state index in [1.54, 1.807) is 6.07 Å². The first-order valence-electron chi connectivity index (χ1n) is 4.68. The lowest BCUT2D eigenvalue weighted by atomic mass is 10.2. The first-order chi connectivity index (χ1) is 6.79. The number of terminal acetylenes is 1. The average molecular weight is 190 g/mol. The van der Waals surface area contributed by atoms with Gasteiger partial charge in [-0.1, -0.05) is 5.92 Å². The van der Waals surface area contributed by atoms with Crippen LogP contribution in [0.15, 0.2) is 18.2 Å². The largest absolute Gasteiger partial charge is 0.492 e. The average Bonchev–Trinajstić information content (AvgIpc) is 2.98. The SMILES string of the molecule is C#Cc1ccc(F)cc1OCC1CC1. The van der Waals surface area contributed by atoms with Crippen LogP contribution in [-0.4, -0.2) is 6.61 Å². The third-order valence-electron chi connectivity index (χ3n) is 2.27. The number of hydrogen-bond acceptors (Lipinski definition) is 1. The molecule has 1 fully saturated rings. The van der Waals surface area contributed by atoms with Gasteiger partial charge in [-0.2, -0.15) is 0 Å². The van der Waals surface area contributed by atoms with Gasteiger partial charge in [0.2, 0.25) is 0 Å². The first-order valence-corrected chi connectivity index (χ1v) is 4.68. The highest BCUT2D eigenvalue weighted by Crippen LogP contribution is 2.30. The van der Waals surface area contributed by atoms with E-state index in [2.05, 4.69) is 5.92 Å². The van der Waals surface area contributed by atoms with Crippen LogP contribution in [0.2, 0.25) is 0 Å². The smallest absolute Gasteiger partial charge is 0.137 e. The van der Waals surface area contributed by atoms with E-state index in [1.807, 2.05) is 0 Å². The van der Waals surface area contributed by atoms with Crippen molar-refractivity contribution >= 4 is 0 Å². The van der Waals surface area contributed by atoms with E-state index >= 15 is 0 Å². The van der Waals surface area contributed by atoms with Gasteiger partial charge in [0, 0.05) is 6.07 Å². The van der Waals surface area contributed by atoms with E-state index < -0.39 is 0 Å². The molecule has 0 atom stereocenters. The van der Waals surface area contributed by atoms with Crippen molar-refractivity contribution in [3.8, 4) is 18.1 Å². The Balaban J connectivity index is 2.12. The summed E-state index contributed by atoms with van der Waals surface area (Å²) in [6.07, 6.45) is 7.69. The highest BCUT2D eigenvalue weighted by Gasteiger charge is 2.22. The minimum Gasteiger partial charge on any atom is -0.492 e. The summed E-state index contributed by atoms with van der Waals surface area (Å²) in [6.45, 7) is 0.651. The fraction of sp³-hybridized carbons (Fsp3) is 0.333. The molecule has 0 aliphatic heterocycles. The summed E-state index contributed by atoms with van der Waals surface area (Å²) in [5, 5.41) is 0. The van der Waals surface area contributed by atoms with Crippen LogP contribution in [-0.2, 0) is 0 Å². The summed E-state index contributed by atoms with van der Waals surface area (Å²) < 4.78 is 18.3. The molecule has 0 N–H and O–H groups in total. The van der Waals surface area contributed by atoms with Crippen LogP contribution in [0.3, 0.4) is 0 Å². The lowest BCUT2D eigenvalue weighted by Crippen LogP contribution is -2.00. The van der Waals surface area contributed by atoms with Crippen LogP contribution in [0, 0.1) is 24.1 Å². The second-order valence-electron chi connectivity index (χ2n) is 3.54. The van der Waals surface area contributed by atoms with Gasteiger partial charge in [-0.25, -0.2) is 4.39 Å². The molecule has 0 spiro atoms. The Labute approximate surface area is 82.9 Å². The van der Waals surface area contributed by atoms with Gasteiger partial charge in [0.05, 0.1) is 12.2 Å². The summed E-state index contributed by atoms with van der Waals surface area (Å²) in [4.78, 5) is 0. The highest BCUT2D eigenvalue weighted by molar-refractivity contribution is 5.44. The minimum atomic E-state index is -0.310.